The number of anilines is 1. The maximum Gasteiger partial charge on any atom is 0.263 e. The Hall–Kier alpha value is -2.13. The maximum absolute atomic E-state index is 13.2. The van der Waals surface area contributed by atoms with Gasteiger partial charge in [-0.2, -0.15) is 5.10 Å². The molecule has 4 rings (SSSR count). The number of amides is 1. The van der Waals surface area contributed by atoms with Gasteiger partial charge in [-0.15, -0.1) is 11.3 Å². The fourth-order valence-electron chi connectivity index (χ4n) is 3.85. The SMILES string of the molecule is Cc1nn(C)c(C)c1NC(=O)CSc1nc2sc3c(c2c(=O)n1C(C)C)CCC3. The first-order chi connectivity index (χ1) is 13.8. The molecule has 0 aliphatic heterocycles. The summed E-state index contributed by atoms with van der Waals surface area (Å²) in [7, 11) is 1.85. The molecule has 1 aliphatic rings. The second kappa shape index (κ2) is 7.60. The third-order valence-corrected chi connectivity index (χ3v) is 7.50. The summed E-state index contributed by atoms with van der Waals surface area (Å²) in [5.74, 6) is 0.0521. The van der Waals surface area contributed by atoms with Crippen LogP contribution in [0.5, 0.6) is 0 Å². The van der Waals surface area contributed by atoms with Crippen LogP contribution in [-0.2, 0) is 24.7 Å². The molecule has 0 saturated heterocycles. The monoisotopic (exact) mass is 431 g/mol. The molecule has 1 aliphatic carbocycles. The van der Waals surface area contributed by atoms with E-state index in [1.807, 2.05) is 34.7 Å². The first-order valence-electron chi connectivity index (χ1n) is 9.77. The summed E-state index contributed by atoms with van der Waals surface area (Å²) >= 11 is 2.94. The van der Waals surface area contributed by atoms with Crippen LogP contribution in [0.25, 0.3) is 10.2 Å². The number of nitrogens with zero attached hydrogens (tertiary/aromatic N) is 4. The van der Waals surface area contributed by atoms with E-state index in [4.69, 9.17) is 4.98 Å². The summed E-state index contributed by atoms with van der Waals surface area (Å²) in [6.07, 6.45) is 3.11. The Morgan fingerprint density at radius 1 is 1.31 bits per heavy atom. The van der Waals surface area contributed by atoms with Gasteiger partial charge in [0, 0.05) is 18.0 Å². The molecule has 3 heterocycles. The quantitative estimate of drug-likeness (QED) is 0.493. The number of aromatic nitrogens is 4. The largest absolute Gasteiger partial charge is 0.322 e. The molecule has 0 aromatic carbocycles. The van der Waals surface area contributed by atoms with Crippen molar-refractivity contribution in [1.29, 1.82) is 0 Å². The topological polar surface area (TPSA) is 81.8 Å². The third kappa shape index (κ3) is 3.50. The molecule has 3 aromatic heterocycles. The molecule has 29 heavy (non-hydrogen) atoms. The smallest absolute Gasteiger partial charge is 0.263 e. The number of nitrogens with one attached hydrogen (secondary N) is 1. The number of aryl methyl sites for hydroxylation is 4. The lowest BCUT2D eigenvalue weighted by atomic mass is 10.2. The lowest BCUT2D eigenvalue weighted by molar-refractivity contribution is -0.113. The molecule has 9 heteroatoms. The van der Waals surface area contributed by atoms with E-state index in [0.29, 0.717) is 5.16 Å². The van der Waals surface area contributed by atoms with Crippen LogP contribution in [0.3, 0.4) is 0 Å². The number of thioether (sulfide) groups is 1. The van der Waals surface area contributed by atoms with Gasteiger partial charge in [0.25, 0.3) is 5.56 Å². The van der Waals surface area contributed by atoms with Crippen LogP contribution in [0.4, 0.5) is 5.69 Å². The van der Waals surface area contributed by atoms with E-state index in [-0.39, 0.29) is 23.3 Å². The maximum atomic E-state index is 13.2. The summed E-state index contributed by atoms with van der Waals surface area (Å²) in [5, 5.41) is 8.66. The zero-order valence-electron chi connectivity index (χ0n) is 17.3. The molecule has 1 amide bonds. The van der Waals surface area contributed by atoms with Crippen molar-refractivity contribution in [2.75, 3.05) is 11.1 Å². The fraction of sp³-hybridized carbons (Fsp3) is 0.500. The molecular formula is C20H25N5O2S2. The average Bonchev–Trinajstić information content (AvgIpc) is 3.29. The van der Waals surface area contributed by atoms with Crippen molar-refractivity contribution in [3.05, 3.63) is 32.2 Å². The summed E-state index contributed by atoms with van der Waals surface area (Å²) in [6.45, 7) is 7.75. The second-order valence-corrected chi connectivity index (χ2v) is 9.73. The highest BCUT2D eigenvalue weighted by Gasteiger charge is 2.24. The minimum Gasteiger partial charge on any atom is -0.322 e. The molecule has 0 fully saturated rings. The number of hydrogen-bond donors (Lipinski definition) is 1. The minimum atomic E-state index is -0.132. The molecule has 0 radical (unpaired) electrons. The van der Waals surface area contributed by atoms with Gasteiger partial charge in [-0.3, -0.25) is 18.8 Å². The molecule has 154 valence electrons. The lowest BCUT2D eigenvalue weighted by Crippen LogP contribution is -2.26. The molecule has 0 spiro atoms. The Morgan fingerprint density at radius 2 is 2.07 bits per heavy atom. The van der Waals surface area contributed by atoms with E-state index in [2.05, 4.69) is 10.4 Å². The molecule has 0 atom stereocenters. The Bertz CT molecular complexity index is 1170. The Morgan fingerprint density at radius 3 is 2.72 bits per heavy atom. The van der Waals surface area contributed by atoms with Crippen LogP contribution in [0, 0.1) is 13.8 Å². The van der Waals surface area contributed by atoms with Gasteiger partial charge in [0.05, 0.1) is 28.2 Å². The van der Waals surface area contributed by atoms with Crippen molar-refractivity contribution in [1.82, 2.24) is 19.3 Å². The Labute approximate surface area is 177 Å². The number of thiophene rings is 1. The summed E-state index contributed by atoms with van der Waals surface area (Å²) < 4.78 is 3.48. The van der Waals surface area contributed by atoms with Gasteiger partial charge in [-0.25, -0.2) is 4.98 Å². The molecular weight excluding hydrogens is 406 g/mol. The highest BCUT2D eigenvalue weighted by molar-refractivity contribution is 7.99. The van der Waals surface area contributed by atoms with Gasteiger partial charge in [0.1, 0.15) is 4.83 Å². The molecule has 1 N–H and O–H groups in total. The van der Waals surface area contributed by atoms with Crippen molar-refractivity contribution >= 4 is 44.9 Å². The van der Waals surface area contributed by atoms with E-state index in [9.17, 15) is 9.59 Å². The van der Waals surface area contributed by atoms with Crippen LogP contribution in [-0.4, -0.2) is 31.0 Å². The van der Waals surface area contributed by atoms with Crippen molar-refractivity contribution in [3.8, 4) is 0 Å². The first-order valence-corrected chi connectivity index (χ1v) is 11.6. The predicted octanol–water partition coefficient (Wildman–Crippen LogP) is 3.61. The third-order valence-electron chi connectivity index (χ3n) is 5.36. The highest BCUT2D eigenvalue weighted by Crippen LogP contribution is 2.36. The lowest BCUT2D eigenvalue weighted by Gasteiger charge is -2.15. The van der Waals surface area contributed by atoms with Crippen LogP contribution in [0.2, 0.25) is 0 Å². The van der Waals surface area contributed by atoms with E-state index in [1.54, 1.807) is 20.6 Å². The number of fused-ring (bicyclic) bond motifs is 3. The van der Waals surface area contributed by atoms with E-state index < -0.39 is 0 Å². The Balaban J connectivity index is 1.61. The molecule has 7 nitrogen and oxygen atoms in total. The number of carbonyl (C=O) groups is 1. The number of carbonyl (C=O) groups excluding carboxylic acids is 1. The van der Waals surface area contributed by atoms with Crippen molar-refractivity contribution in [2.24, 2.45) is 7.05 Å². The van der Waals surface area contributed by atoms with E-state index in [0.717, 1.165) is 46.6 Å². The predicted molar refractivity (Wildman–Crippen MR) is 118 cm³/mol. The fourth-order valence-corrected chi connectivity index (χ4v) is 6.09. The van der Waals surface area contributed by atoms with Crippen LogP contribution < -0.4 is 10.9 Å². The number of hydrogen-bond acceptors (Lipinski definition) is 6. The Kier molecular flexibility index (Phi) is 5.29. The molecule has 0 bridgehead atoms. The summed E-state index contributed by atoms with van der Waals surface area (Å²) in [5.41, 5.74) is 3.65. The second-order valence-electron chi connectivity index (χ2n) is 7.71. The zero-order valence-corrected chi connectivity index (χ0v) is 19.0. The van der Waals surface area contributed by atoms with Gasteiger partial charge >= 0.3 is 0 Å². The van der Waals surface area contributed by atoms with Crippen LogP contribution >= 0.6 is 23.1 Å². The molecule has 0 unspecified atom stereocenters. The van der Waals surface area contributed by atoms with Gasteiger partial charge in [0.2, 0.25) is 5.91 Å². The molecule has 3 aromatic rings. The van der Waals surface area contributed by atoms with Crippen LogP contribution in [0.15, 0.2) is 9.95 Å². The summed E-state index contributed by atoms with van der Waals surface area (Å²) in [6, 6.07) is -0.0234. The standard InChI is InChI=1S/C20H25N5O2S2/c1-10(2)25-19(27)16-13-7-6-8-14(13)29-18(16)22-20(25)28-9-15(26)21-17-11(3)23-24(5)12(17)4/h10H,6-9H2,1-5H3,(H,21,26). The van der Waals surface area contributed by atoms with Crippen molar-refractivity contribution in [2.45, 2.75) is 58.2 Å². The van der Waals surface area contributed by atoms with Gasteiger partial charge in [-0.05, 0) is 52.5 Å². The highest BCUT2D eigenvalue weighted by atomic mass is 32.2. The van der Waals surface area contributed by atoms with Gasteiger partial charge in [0.15, 0.2) is 5.16 Å². The van der Waals surface area contributed by atoms with Crippen molar-refractivity contribution < 1.29 is 4.79 Å². The van der Waals surface area contributed by atoms with Gasteiger partial charge < -0.3 is 5.32 Å². The van der Waals surface area contributed by atoms with Crippen LogP contribution in [0.1, 0.15) is 48.1 Å². The van der Waals surface area contributed by atoms with Crippen molar-refractivity contribution in [3.63, 3.8) is 0 Å². The minimum absolute atomic E-state index is 0.0197. The van der Waals surface area contributed by atoms with Gasteiger partial charge in [-0.1, -0.05) is 11.8 Å². The van der Waals surface area contributed by atoms with E-state index in [1.165, 1.54) is 22.2 Å². The van der Waals surface area contributed by atoms with E-state index >= 15 is 0 Å². The first kappa shape index (κ1) is 20.2. The number of rotatable bonds is 5. The zero-order chi connectivity index (χ0) is 20.9. The normalized spacial score (nSPS) is 13.4. The average molecular weight is 432 g/mol. The summed E-state index contributed by atoms with van der Waals surface area (Å²) in [4.78, 5) is 32.7. The molecule has 0 saturated carbocycles.